The van der Waals surface area contributed by atoms with Crippen LogP contribution in [-0.4, -0.2) is 25.0 Å². The van der Waals surface area contributed by atoms with Gasteiger partial charge < -0.3 is 5.21 Å². The molecule has 0 bridgehead atoms. The molecule has 1 aromatic carbocycles. The second-order valence-electron chi connectivity index (χ2n) is 3.34. The van der Waals surface area contributed by atoms with Crippen LogP contribution >= 0.6 is 0 Å². The van der Waals surface area contributed by atoms with Gasteiger partial charge in [0.2, 0.25) is 0 Å². The highest BCUT2D eigenvalue weighted by Crippen LogP contribution is 2.13. The lowest BCUT2D eigenvalue weighted by Gasteiger charge is -2.02. The molecule has 0 aromatic heterocycles. The van der Waals surface area contributed by atoms with Crippen LogP contribution in [0.1, 0.15) is 13.8 Å². The summed E-state index contributed by atoms with van der Waals surface area (Å²) in [4.78, 5) is -0.223. The molecule has 0 radical (unpaired) electrons. The fourth-order valence-corrected chi connectivity index (χ4v) is 1.65. The Kier molecular flexibility index (Phi) is 4.38. The second-order valence-corrected chi connectivity index (χ2v) is 4.87. The van der Waals surface area contributed by atoms with E-state index in [2.05, 4.69) is 14.6 Å². The lowest BCUT2D eigenvalue weighted by Crippen LogP contribution is -2.09. The minimum Gasteiger partial charge on any atom is -0.411 e. The van der Waals surface area contributed by atoms with Crippen molar-refractivity contribution in [1.29, 1.82) is 0 Å². The maximum absolute atomic E-state index is 12.6. The van der Waals surface area contributed by atoms with Crippen LogP contribution in [0, 0.1) is 5.82 Å². The van der Waals surface area contributed by atoms with E-state index in [0.29, 0.717) is 0 Å². The average molecular weight is 274 g/mol. The molecule has 1 N–H and O–H groups in total. The van der Waals surface area contributed by atoms with Crippen molar-refractivity contribution in [3.05, 3.63) is 30.1 Å². The molecular weight excluding hydrogens is 263 g/mol. The van der Waals surface area contributed by atoms with Crippen LogP contribution in [0.4, 0.5) is 4.39 Å². The Morgan fingerprint density at radius 2 is 1.78 bits per heavy atom. The first-order chi connectivity index (χ1) is 8.36. The number of hydrogen-bond donors (Lipinski definition) is 1. The van der Waals surface area contributed by atoms with Crippen LogP contribution < -0.4 is 0 Å². The molecule has 8 heteroatoms. The second kappa shape index (κ2) is 5.58. The lowest BCUT2D eigenvalue weighted by molar-refractivity contribution is 0.318. The van der Waals surface area contributed by atoms with Gasteiger partial charge in [0.05, 0.1) is 0 Å². The molecule has 0 amide bonds. The third-order valence-corrected chi connectivity index (χ3v) is 3.17. The monoisotopic (exact) mass is 274 g/mol. The zero-order valence-corrected chi connectivity index (χ0v) is 10.5. The molecular formula is C10H11FN2O4S. The van der Waals surface area contributed by atoms with Crippen LogP contribution in [0.15, 0.2) is 39.5 Å². The van der Waals surface area contributed by atoms with Crippen LogP contribution in [-0.2, 0) is 14.4 Å². The quantitative estimate of drug-likeness (QED) is 0.514. The molecule has 0 atom stereocenters. The van der Waals surface area contributed by atoms with Crippen molar-refractivity contribution in [1.82, 2.24) is 0 Å². The van der Waals surface area contributed by atoms with Crippen molar-refractivity contribution < 1.29 is 22.3 Å². The summed E-state index contributed by atoms with van der Waals surface area (Å²) in [7, 11) is -4.10. The summed E-state index contributed by atoms with van der Waals surface area (Å²) < 4.78 is 40.2. The third-order valence-electron chi connectivity index (χ3n) is 2.05. The van der Waals surface area contributed by atoms with Gasteiger partial charge in [0, 0.05) is 0 Å². The van der Waals surface area contributed by atoms with Crippen molar-refractivity contribution >= 4 is 21.5 Å². The van der Waals surface area contributed by atoms with Gasteiger partial charge in [-0.2, -0.15) is 8.42 Å². The van der Waals surface area contributed by atoms with Crippen molar-refractivity contribution in [2.75, 3.05) is 0 Å². The molecule has 0 aliphatic carbocycles. The fourth-order valence-electron chi connectivity index (χ4n) is 0.888. The Labute approximate surface area is 103 Å². The van der Waals surface area contributed by atoms with E-state index < -0.39 is 15.9 Å². The smallest absolute Gasteiger partial charge is 0.358 e. The number of benzene rings is 1. The number of nitrogens with zero attached hydrogens (tertiary/aromatic N) is 2. The van der Waals surface area contributed by atoms with Gasteiger partial charge in [-0.3, -0.25) is 4.28 Å². The summed E-state index contributed by atoms with van der Waals surface area (Å²) in [6, 6.07) is 4.10. The van der Waals surface area contributed by atoms with E-state index in [-0.39, 0.29) is 16.3 Å². The van der Waals surface area contributed by atoms with Gasteiger partial charge in [0.15, 0.2) is 0 Å². The largest absolute Gasteiger partial charge is 0.411 e. The van der Waals surface area contributed by atoms with Gasteiger partial charge in [-0.25, -0.2) is 4.39 Å². The topological polar surface area (TPSA) is 88.3 Å². The number of rotatable bonds is 4. The van der Waals surface area contributed by atoms with Gasteiger partial charge in [0.25, 0.3) is 0 Å². The predicted molar refractivity (Wildman–Crippen MR) is 62.7 cm³/mol. The zero-order chi connectivity index (χ0) is 13.8. The number of oxime groups is 2. The Bertz CT molecular complexity index is 578. The van der Waals surface area contributed by atoms with Gasteiger partial charge in [-0.1, -0.05) is 10.3 Å². The molecule has 0 aliphatic heterocycles. The minimum atomic E-state index is -4.10. The molecule has 0 saturated heterocycles. The van der Waals surface area contributed by atoms with E-state index in [1.807, 2.05) is 0 Å². The van der Waals surface area contributed by atoms with Crippen LogP contribution in [0.5, 0.6) is 0 Å². The molecule has 1 aromatic rings. The molecule has 0 unspecified atom stereocenters. The fraction of sp³-hybridized carbons (Fsp3) is 0.200. The normalized spacial score (nSPS) is 13.5. The van der Waals surface area contributed by atoms with Gasteiger partial charge in [-0.05, 0) is 38.1 Å². The number of halogens is 1. The van der Waals surface area contributed by atoms with Crippen LogP contribution in [0.2, 0.25) is 0 Å². The summed E-state index contributed by atoms with van der Waals surface area (Å²) in [6.45, 7) is 2.84. The third kappa shape index (κ3) is 3.52. The Hall–Kier alpha value is -1.96. The van der Waals surface area contributed by atoms with Crippen LogP contribution in [0.3, 0.4) is 0 Å². The Morgan fingerprint density at radius 1 is 1.22 bits per heavy atom. The Morgan fingerprint density at radius 3 is 2.28 bits per heavy atom. The molecule has 0 fully saturated rings. The molecule has 0 aliphatic rings. The summed E-state index contributed by atoms with van der Waals surface area (Å²) in [5.74, 6) is -0.558. The average Bonchev–Trinajstić information content (AvgIpc) is 2.35. The molecule has 98 valence electrons. The van der Waals surface area contributed by atoms with Crippen molar-refractivity contribution in [2.45, 2.75) is 18.7 Å². The van der Waals surface area contributed by atoms with Gasteiger partial charge >= 0.3 is 10.1 Å². The summed E-state index contributed by atoms with van der Waals surface area (Å²) in [5.41, 5.74) is 0.215. The van der Waals surface area contributed by atoms with Crippen LogP contribution in [0.25, 0.3) is 0 Å². The zero-order valence-electron chi connectivity index (χ0n) is 9.66. The SMILES string of the molecule is CC(=NO)C(C)=NOS(=O)(=O)c1ccc(F)cc1. The summed E-state index contributed by atoms with van der Waals surface area (Å²) >= 11 is 0. The van der Waals surface area contributed by atoms with Crippen molar-refractivity contribution in [3.63, 3.8) is 0 Å². The highest BCUT2D eigenvalue weighted by atomic mass is 32.2. The van der Waals surface area contributed by atoms with E-state index in [1.54, 1.807) is 0 Å². The first kappa shape index (κ1) is 14.1. The van der Waals surface area contributed by atoms with E-state index in [4.69, 9.17) is 5.21 Å². The summed E-state index contributed by atoms with van der Waals surface area (Å²) in [6.07, 6.45) is 0. The molecule has 1 rings (SSSR count). The van der Waals surface area contributed by atoms with E-state index in [0.717, 1.165) is 24.3 Å². The van der Waals surface area contributed by atoms with Gasteiger partial charge in [0.1, 0.15) is 22.1 Å². The van der Waals surface area contributed by atoms with E-state index in [1.165, 1.54) is 13.8 Å². The molecule has 18 heavy (non-hydrogen) atoms. The van der Waals surface area contributed by atoms with E-state index >= 15 is 0 Å². The molecule has 6 nitrogen and oxygen atoms in total. The maximum Gasteiger partial charge on any atom is 0.358 e. The maximum atomic E-state index is 12.6. The first-order valence-electron chi connectivity index (χ1n) is 4.79. The lowest BCUT2D eigenvalue weighted by atomic mass is 10.3. The van der Waals surface area contributed by atoms with Crippen molar-refractivity contribution in [2.24, 2.45) is 10.3 Å². The summed E-state index contributed by atoms with van der Waals surface area (Å²) in [5, 5.41) is 14.6. The minimum absolute atomic E-state index is 0.100. The highest BCUT2D eigenvalue weighted by molar-refractivity contribution is 7.86. The van der Waals surface area contributed by atoms with E-state index in [9.17, 15) is 12.8 Å². The molecule has 0 heterocycles. The van der Waals surface area contributed by atoms with Crippen molar-refractivity contribution in [3.8, 4) is 0 Å². The molecule has 0 spiro atoms. The highest BCUT2D eigenvalue weighted by Gasteiger charge is 2.16. The Balaban J connectivity index is 2.93. The first-order valence-corrected chi connectivity index (χ1v) is 6.20. The predicted octanol–water partition coefficient (Wildman–Crippen LogP) is 1.76. The standard InChI is InChI=1S/C10H11FN2O4S/c1-7(12-14)8(2)13-17-18(15,16)10-5-3-9(11)4-6-10/h3-6,14H,1-2H3. The molecule has 0 saturated carbocycles. The number of hydrogen-bond acceptors (Lipinski definition) is 6. The van der Waals surface area contributed by atoms with Gasteiger partial charge in [-0.15, -0.1) is 0 Å².